The number of hydrazone groups is 1. The standard InChI is InChI=1S/C34H31BrN6O3/c1-20-6-10-22(11-7-20)18-24-4-3-5-27-29(24)37-41(31(27)23-12-8-21(2)9-13-23)28(42)19-39-32-30(36-38-39)33(43)40(34(32)44)26-16-14-25(35)15-17-26/h6-18,27,30-32H,3-5,19H2,1-2H3/b24-18+/t27-,30+,31+,32-/m1/s1. The Balaban J connectivity index is 1.18. The van der Waals surface area contributed by atoms with Crippen molar-refractivity contribution in [2.75, 3.05) is 11.4 Å². The lowest BCUT2D eigenvalue weighted by Crippen LogP contribution is -2.45. The zero-order chi connectivity index (χ0) is 30.5. The first-order valence-corrected chi connectivity index (χ1v) is 15.6. The summed E-state index contributed by atoms with van der Waals surface area (Å²) in [4.78, 5) is 42.0. The summed E-state index contributed by atoms with van der Waals surface area (Å²) in [6.07, 6.45) is 4.98. The van der Waals surface area contributed by atoms with Crippen LogP contribution in [0.15, 0.2) is 98.3 Å². The van der Waals surface area contributed by atoms with Crippen LogP contribution in [-0.2, 0) is 14.4 Å². The summed E-state index contributed by atoms with van der Waals surface area (Å²) < 4.78 is 0.834. The molecule has 44 heavy (non-hydrogen) atoms. The first kappa shape index (κ1) is 28.3. The number of carbonyl (C=O) groups excluding carboxylic acids is 3. The zero-order valence-corrected chi connectivity index (χ0v) is 26.0. The maximum absolute atomic E-state index is 14.1. The third-order valence-electron chi connectivity index (χ3n) is 8.83. The van der Waals surface area contributed by atoms with Crippen LogP contribution in [0, 0.1) is 19.8 Å². The molecule has 1 saturated carbocycles. The Morgan fingerprint density at radius 1 is 0.909 bits per heavy atom. The molecule has 3 aromatic rings. The van der Waals surface area contributed by atoms with Crippen LogP contribution in [-0.4, -0.2) is 52.1 Å². The number of anilines is 1. The van der Waals surface area contributed by atoms with Gasteiger partial charge in [0.05, 0.1) is 17.4 Å². The van der Waals surface area contributed by atoms with Crippen molar-refractivity contribution in [1.82, 2.24) is 10.0 Å². The van der Waals surface area contributed by atoms with E-state index in [1.54, 1.807) is 29.3 Å². The van der Waals surface area contributed by atoms with Gasteiger partial charge in [-0.25, -0.2) is 9.91 Å². The van der Waals surface area contributed by atoms with Crippen LogP contribution in [0.2, 0.25) is 0 Å². The fourth-order valence-corrected chi connectivity index (χ4v) is 6.84. The molecule has 4 aliphatic rings. The van der Waals surface area contributed by atoms with Gasteiger partial charge in [-0.15, -0.1) is 0 Å². The van der Waals surface area contributed by atoms with Crippen molar-refractivity contribution in [3.8, 4) is 0 Å². The highest BCUT2D eigenvalue weighted by molar-refractivity contribution is 9.10. The van der Waals surface area contributed by atoms with Gasteiger partial charge in [0.15, 0.2) is 12.1 Å². The Morgan fingerprint density at radius 3 is 2.30 bits per heavy atom. The van der Waals surface area contributed by atoms with E-state index in [4.69, 9.17) is 5.10 Å². The lowest BCUT2D eigenvalue weighted by atomic mass is 9.77. The predicted molar refractivity (Wildman–Crippen MR) is 170 cm³/mol. The minimum absolute atomic E-state index is 0.0441. The highest BCUT2D eigenvalue weighted by Crippen LogP contribution is 2.45. The number of halogens is 1. The number of aryl methyl sites for hydroxylation is 2. The van der Waals surface area contributed by atoms with Crippen molar-refractivity contribution in [3.05, 3.63) is 105 Å². The van der Waals surface area contributed by atoms with E-state index in [9.17, 15) is 14.4 Å². The molecule has 0 unspecified atom stereocenters. The Bertz CT molecular complexity index is 1730. The molecule has 7 rings (SSSR count). The molecule has 1 saturated heterocycles. The van der Waals surface area contributed by atoms with Crippen LogP contribution >= 0.6 is 15.9 Å². The van der Waals surface area contributed by atoms with Crippen molar-refractivity contribution < 1.29 is 14.4 Å². The fraction of sp³-hybridized carbons (Fsp3) is 0.294. The van der Waals surface area contributed by atoms with Crippen LogP contribution < -0.4 is 4.90 Å². The largest absolute Gasteiger partial charge is 0.271 e. The van der Waals surface area contributed by atoms with Gasteiger partial charge in [-0.1, -0.05) is 80.8 Å². The SMILES string of the molecule is Cc1ccc(/C=C2\CCC[C@@H]3C2=NN(C(=O)CN2N=N[C@@H]4C(=O)N(c5ccc(Br)cc5)C(=O)[C@@H]42)[C@H]3c2ccc(C)cc2)cc1. The number of hydrogen-bond acceptors (Lipinski definition) is 7. The zero-order valence-electron chi connectivity index (χ0n) is 24.4. The molecule has 0 radical (unpaired) electrons. The monoisotopic (exact) mass is 650 g/mol. The summed E-state index contributed by atoms with van der Waals surface area (Å²) in [5.74, 6) is -1.14. The Kier molecular flexibility index (Phi) is 7.24. The van der Waals surface area contributed by atoms with Crippen molar-refractivity contribution in [1.29, 1.82) is 0 Å². The first-order chi connectivity index (χ1) is 21.3. The molecule has 3 amide bonds. The first-order valence-electron chi connectivity index (χ1n) is 14.8. The number of rotatable bonds is 5. The molecule has 0 aromatic heterocycles. The van der Waals surface area contributed by atoms with Gasteiger partial charge in [0.2, 0.25) is 0 Å². The number of carbonyl (C=O) groups is 3. The number of benzene rings is 3. The molecule has 0 bridgehead atoms. The van der Waals surface area contributed by atoms with Crippen molar-refractivity contribution in [3.63, 3.8) is 0 Å². The average molecular weight is 652 g/mol. The summed E-state index contributed by atoms with van der Waals surface area (Å²) in [5.41, 5.74) is 6.99. The third-order valence-corrected chi connectivity index (χ3v) is 9.36. The quantitative estimate of drug-likeness (QED) is 0.308. The van der Waals surface area contributed by atoms with Crippen molar-refractivity contribution in [2.45, 2.75) is 51.2 Å². The van der Waals surface area contributed by atoms with Gasteiger partial charge in [0, 0.05) is 10.4 Å². The van der Waals surface area contributed by atoms with E-state index in [1.807, 2.05) is 6.92 Å². The van der Waals surface area contributed by atoms with E-state index in [0.29, 0.717) is 5.69 Å². The molecule has 4 atom stereocenters. The fourth-order valence-electron chi connectivity index (χ4n) is 6.58. The lowest BCUT2D eigenvalue weighted by molar-refractivity contribution is -0.136. The molecular formula is C34H31BrN6O3. The van der Waals surface area contributed by atoms with Crippen LogP contribution in [0.5, 0.6) is 0 Å². The van der Waals surface area contributed by atoms with Gasteiger partial charge in [-0.05, 0) is 80.2 Å². The molecular weight excluding hydrogens is 620 g/mol. The molecule has 1 aliphatic carbocycles. The van der Waals surface area contributed by atoms with E-state index in [0.717, 1.165) is 56.6 Å². The summed E-state index contributed by atoms with van der Waals surface area (Å²) in [6, 6.07) is 21.3. The van der Waals surface area contributed by atoms with Gasteiger partial charge >= 0.3 is 0 Å². The Hall–Kier alpha value is -4.44. The lowest BCUT2D eigenvalue weighted by Gasteiger charge is -2.30. The molecule has 0 spiro atoms. The second-order valence-corrected chi connectivity index (χ2v) is 12.8. The van der Waals surface area contributed by atoms with Gasteiger partial charge in [-0.2, -0.15) is 10.2 Å². The molecule has 0 N–H and O–H groups in total. The molecule has 3 heterocycles. The average Bonchev–Trinajstić information content (AvgIpc) is 3.69. The Labute approximate surface area is 264 Å². The molecule has 9 nitrogen and oxygen atoms in total. The molecule has 222 valence electrons. The van der Waals surface area contributed by atoms with Gasteiger partial charge in [-0.3, -0.25) is 19.4 Å². The van der Waals surface area contributed by atoms with Crippen LogP contribution in [0.1, 0.15) is 47.6 Å². The molecule has 3 aromatic carbocycles. The van der Waals surface area contributed by atoms with Crippen LogP contribution in [0.3, 0.4) is 0 Å². The minimum atomic E-state index is -0.983. The number of imide groups is 1. The maximum atomic E-state index is 14.1. The topological polar surface area (TPSA) is 98.0 Å². The van der Waals surface area contributed by atoms with Crippen molar-refractivity contribution >= 4 is 51.1 Å². The number of allylic oxidation sites excluding steroid dienone is 1. The predicted octanol–water partition coefficient (Wildman–Crippen LogP) is 6.18. The molecule has 10 heteroatoms. The van der Waals surface area contributed by atoms with Gasteiger partial charge in [0.25, 0.3) is 17.7 Å². The highest BCUT2D eigenvalue weighted by Gasteiger charge is 2.55. The summed E-state index contributed by atoms with van der Waals surface area (Å²) in [5, 5.41) is 16.2. The van der Waals surface area contributed by atoms with Gasteiger partial charge < -0.3 is 0 Å². The van der Waals surface area contributed by atoms with E-state index in [1.165, 1.54) is 10.6 Å². The van der Waals surface area contributed by atoms with Gasteiger partial charge in [0.1, 0.15) is 6.54 Å². The number of fused-ring (bicyclic) bond motifs is 2. The Morgan fingerprint density at radius 2 is 1.59 bits per heavy atom. The second kappa shape index (κ2) is 11.2. The maximum Gasteiger partial charge on any atom is 0.264 e. The smallest absolute Gasteiger partial charge is 0.264 e. The molecule has 3 aliphatic heterocycles. The van der Waals surface area contributed by atoms with E-state index in [2.05, 4.69) is 87.8 Å². The van der Waals surface area contributed by atoms with E-state index in [-0.39, 0.29) is 24.4 Å². The number of nitrogens with zero attached hydrogens (tertiary/aromatic N) is 6. The molecule has 2 fully saturated rings. The van der Waals surface area contributed by atoms with Crippen molar-refractivity contribution in [2.24, 2.45) is 21.4 Å². The normalized spacial score (nSPS) is 25.1. The third kappa shape index (κ3) is 4.96. The highest BCUT2D eigenvalue weighted by atomic mass is 79.9. The summed E-state index contributed by atoms with van der Waals surface area (Å²) >= 11 is 3.39. The summed E-state index contributed by atoms with van der Waals surface area (Å²) in [6.45, 7) is 3.89. The van der Waals surface area contributed by atoms with E-state index < -0.39 is 23.9 Å². The summed E-state index contributed by atoms with van der Waals surface area (Å²) in [7, 11) is 0. The number of hydrogen-bond donors (Lipinski definition) is 0. The minimum Gasteiger partial charge on any atom is -0.271 e. The van der Waals surface area contributed by atoms with Crippen LogP contribution in [0.25, 0.3) is 6.08 Å². The second-order valence-electron chi connectivity index (χ2n) is 11.8. The van der Waals surface area contributed by atoms with E-state index >= 15 is 0 Å². The number of amides is 3. The van der Waals surface area contributed by atoms with Crippen LogP contribution in [0.4, 0.5) is 5.69 Å².